The van der Waals surface area contributed by atoms with E-state index < -0.39 is 0 Å². The SMILES string of the molecule is CCNC(=NCc1nccn1Cc1ccccc1)NCC1CCCN1Cc1ccccc1.I. The second-order valence-electron chi connectivity index (χ2n) is 8.29. The molecule has 0 aliphatic carbocycles. The maximum Gasteiger partial charge on any atom is 0.191 e. The number of nitrogens with one attached hydrogen (secondary N) is 2. The Hall–Kier alpha value is -2.39. The summed E-state index contributed by atoms with van der Waals surface area (Å²) in [6, 6.07) is 21.7. The lowest BCUT2D eigenvalue weighted by molar-refractivity contribution is 0.245. The van der Waals surface area contributed by atoms with Crippen molar-refractivity contribution < 1.29 is 0 Å². The molecule has 1 aromatic heterocycles. The van der Waals surface area contributed by atoms with Crippen LogP contribution in [0.2, 0.25) is 0 Å². The minimum atomic E-state index is 0. The lowest BCUT2D eigenvalue weighted by Crippen LogP contribution is -2.44. The molecule has 0 radical (unpaired) electrons. The number of rotatable bonds is 9. The number of guanidine groups is 1. The Kier molecular flexibility index (Phi) is 10.2. The summed E-state index contributed by atoms with van der Waals surface area (Å²) in [7, 11) is 0. The molecule has 1 aliphatic rings. The number of likely N-dealkylation sites (tertiary alicyclic amines) is 1. The van der Waals surface area contributed by atoms with Gasteiger partial charge in [-0.2, -0.15) is 0 Å². The summed E-state index contributed by atoms with van der Waals surface area (Å²) in [5, 5.41) is 6.96. The van der Waals surface area contributed by atoms with E-state index in [0.717, 1.165) is 44.5 Å². The highest BCUT2D eigenvalue weighted by molar-refractivity contribution is 14.0. The summed E-state index contributed by atoms with van der Waals surface area (Å²) in [4.78, 5) is 11.9. The van der Waals surface area contributed by atoms with Gasteiger partial charge >= 0.3 is 0 Å². The van der Waals surface area contributed by atoms with Crippen molar-refractivity contribution in [1.82, 2.24) is 25.1 Å². The topological polar surface area (TPSA) is 57.5 Å². The smallest absolute Gasteiger partial charge is 0.191 e. The monoisotopic (exact) mass is 558 g/mol. The van der Waals surface area contributed by atoms with E-state index in [1.807, 2.05) is 18.5 Å². The number of nitrogens with zero attached hydrogens (tertiary/aromatic N) is 4. The van der Waals surface area contributed by atoms with Crippen molar-refractivity contribution >= 4 is 29.9 Å². The zero-order valence-corrected chi connectivity index (χ0v) is 21.7. The number of aliphatic imine (C=N–C) groups is 1. The van der Waals surface area contributed by atoms with Crippen molar-refractivity contribution in [2.75, 3.05) is 19.6 Å². The minimum absolute atomic E-state index is 0. The van der Waals surface area contributed by atoms with E-state index in [-0.39, 0.29) is 24.0 Å². The Balaban J connectivity index is 0.00000306. The Bertz CT molecular complexity index is 973. The fraction of sp³-hybridized carbons (Fsp3) is 0.385. The molecule has 33 heavy (non-hydrogen) atoms. The molecule has 1 atom stereocenters. The predicted molar refractivity (Wildman–Crippen MR) is 146 cm³/mol. The van der Waals surface area contributed by atoms with Crippen molar-refractivity contribution in [3.05, 3.63) is 90.0 Å². The molecule has 7 heteroatoms. The second-order valence-corrected chi connectivity index (χ2v) is 8.29. The zero-order valence-electron chi connectivity index (χ0n) is 19.4. The van der Waals surface area contributed by atoms with Crippen LogP contribution in [-0.2, 0) is 19.6 Å². The molecule has 0 saturated carbocycles. The standard InChI is InChI=1S/C26H34N6.HI/c1-2-27-26(29-18-24-14-9-16-31(24)20-22-10-5-3-6-11-22)30-19-25-28-15-17-32(25)21-23-12-7-4-8-13-23;/h3-8,10-13,15,17,24H,2,9,14,16,18-21H2,1H3,(H2,27,29,30);1H. The van der Waals surface area contributed by atoms with Crippen molar-refractivity contribution in [3.63, 3.8) is 0 Å². The fourth-order valence-corrected chi connectivity index (χ4v) is 4.27. The highest BCUT2D eigenvalue weighted by Gasteiger charge is 2.24. The first-order valence-electron chi connectivity index (χ1n) is 11.7. The van der Waals surface area contributed by atoms with Crippen LogP contribution in [0.4, 0.5) is 0 Å². The first kappa shape index (κ1) is 25.2. The number of halogens is 1. The second kappa shape index (κ2) is 13.3. The fourth-order valence-electron chi connectivity index (χ4n) is 4.27. The van der Waals surface area contributed by atoms with Crippen LogP contribution in [0.5, 0.6) is 0 Å². The van der Waals surface area contributed by atoms with Crippen LogP contribution in [0, 0.1) is 0 Å². The molecule has 176 valence electrons. The van der Waals surface area contributed by atoms with Crippen LogP contribution in [0.15, 0.2) is 78.0 Å². The van der Waals surface area contributed by atoms with Gasteiger partial charge in [0.05, 0.1) is 0 Å². The molecule has 6 nitrogen and oxygen atoms in total. The molecule has 1 saturated heterocycles. The summed E-state index contributed by atoms with van der Waals surface area (Å²) >= 11 is 0. The van der Waals surface area contributed by atoms with Crippen LogP contribution >= 0.6 is 24.0 Å². The molecule has 4 rings (SSSR count). The number of hydrogen-bond acceptors (Lipinski definition) is 3. The summed E-state index contributed by atoms with van der Waals surface area (Å²) in [5.74, 6) is 1.82. The average molecular weight is 559 g/mol. The third-order valence-electron chi connectivity index (χ3n) is 5.95. The summed E-state index contributed by atoms with van der Waals surface area (Å²) < 4.78 is 2.17. The summed E-state index contributed by atoms with van der Waals surface area (Å²) in [5.41, 5.74) is 2.64. The highest BCUT2D eigenvalue weighted by atomic mass is 127. The maximum absolute atomic E-state index is 4.82. The third kappa shape index (κ3) is 7.57. The van der Waals surface area contributed by atoms with Crippen molar-refractivity contribution in [3.8, 4) is 0 Å². The number of benzene rings is 2. The zero-order chi connectivity index (χ0) is 22.0. The van der Waals surface area contributed by atoms with Crippen LogP contribution in [0.3, 0.4) is 0 Å². The number of hydrogen-bond donors (Lipinski definition) is 2. The molecular formula is C26H35IN6. The lowest BCUT2D eigenvalue weighted by Gasteiger charge is -2.25. The minimum Gasteiger partial charge on any atom is -0.357 e. The molecule has 2 aromatic carbocycles. The van der Waals surface area contributed by atoms with Crippen LogP contribution in [0.25, 0.3) is 0 Å². The van der Waals surface area contributed by atoms with Crippen LogP contribution in [0.1, 0.15) is 36.7 Å². The molecule has 1 unspecified atom stereocenters. The van der Waals surface area contributed by atoms with Gasteiger partial charge in [-0.25, -0.2) is 9.98 Å². The van der Waals surface area contributed by atoms with Crippen molar-refractivity contribution in [2.45, 2.75) is 45.4 Å². The molecule has 2 N–H and O–H groups in total. The average Bonchev–Trinajstić information content (AvgIpc) is 3.46. The quantitative estimate of drug-likeness (QED) is 0.234. The van der Waals surface area contributed by atoms with Gasteiger partial charge in [-0.1, -0.05) is 60.7 Å². The maximum atomic E-state index is 4.82. The van der Waals surface area contributed by atoms with Gasteiger partial charge in [-0.15, -0.1) is 24.0 Å². The van der Waals surface area contributed by atoms with E-state index in [2.05, 4.69) is 86.6 Å². The van der Waals surface area contributed by atoms with Gasteiger partial charge in [0.2, 0.25) is 0 Å². The molecule has 0 bridgehead atoms. The highest BCUT2D eigenvalue weighted by Crippen LogP contribution is 2.19. The Labute approximate surface area is 214 Å². The summed E-state index contributed by atoms with van der Waals surface area (Å²) in [6.45, 7) is 7.37. The number of aromatic nitrogens is 2. The van der Waals surface area contributed by atoms with Gasteiger partial charge < -0.3 is 15.2 Å². The predicted octanol–water partition coefficient (Wildman–Crippen LogP) is 4.27. The van der Waals surface area contributed by atoms with E-state index in [1.54, 1.807) is 0 Å². The molecule has 1 aliphatic heterocycles. The molecule has 1 fully saturated rings. The van der Waals surface area contributed by atoms with Gasteiger partial charge in [0.1, 0.15) is 12.4 Å². The van der Waals surface area contributed by atoms with Crippen LogP contribution < -0.4 is 10.6 Å². The van der Waals surface area contributed by atoms with E-state index >= 15 is 0 Å². The molecule has 2 heterocycles. The van der Waals surface area contributed by atoms with Gasteiger partial charge in [0.15, 0.2) is 5.96 Å². The molecule has 0 spiro atoms. The van der Waals surface area contributed by atoms with E-state index in [1.165, 1.54) is 24.0 Å². The first-order chi connectivity index (χ1) is 15.8. The van der Waals surface area contributed by atoms with Crippen LogP contribution in [-0.4, -0.2) is 46.1 Å². The molecule has 0 amide bonds. The summed E-state index contributed by atoms with van der Waals surface area (Å²) in [6.07, 6.45) is 6.36. The normalized spacial score (nSPS) is 16.4. The molecular weight excluding hydrogens is 523 g/mol. The van der Waals surface area contributed by atoms with Gasteiger partial charge in [0, 0.05) is 44.6 Å². The van der Waals surface area contributed by atoms with Gasteiger partial charge in [-0.05, 0) is 37.4 Å². The molecule has 3 aromatic rings. The van der Waals surface area contributed by atoms with Gasteiger partial charge in [-0.3, -0.25) is 4.90 Å². The Morgan fingerprint density at radius 1 is 1.00 bits per heavy atom. The Morgan fingerprint density at radius 2 is 1.70 bits per heavy atom. The first-order valence-corrected chi connectivity index (χ1v) is 11.7. The largest absolute Gasteiger partial charge is 0.357 e. The van der Waals surface area contributed by atoms with Crippen molar-refractivity contribution in [1.29, 1.82) is 0 Å². The van der Waals surface area contributed by atoms with Crippen molar-refractivity contribution in [2.24, 2.45) is 4.99 Å². The van der Waals surface area contributed by atoms with E-state index in [9.17, 15) is 0 Å². The lowest BCUT2D eigenvalue weighted by atomic mass is 10.2. The Morgan fingerprint density at radius 3 is 2.39 bits per heavy atom. The van der Waals surface area contributed by atoms with E-state index in [4.69, 9.17) is 4.99 Å². The van der Waals surface area contributed by atoms with Gasteiger partial charge in [0.25, 0.3) is 0 Å². The third-order valence-corrected chi connectivity index (χ3v) is 5.95. The number of imidazole rings is 1. The van der Waals surface area contributed by atoms with E-state index in [0.29, 0.717) is 12.6 Å².